The van der Waals surface area contributed by atoms with Crippen molar-refractivity contribution in [1.29, 1.82) is 0 Å². The third kappa shape index (κ3) is 5.67. The first kappa shape index (κ1) is 20.1. The highest BCUT2D eigenvalue weighted by Crippen LogP contribution is 2.23. The molecule has 0 radical (unpaired) electrons. The number of nitrogens with one attached hydrogen (secondary N) is 1. The van der Waals surface area contributed by atoms with Crippen LogP contribution in [0.2, 0.25) is 0 Å². The molecule has 5 nitrogen and oxygen atoms in total. The smallest absolute Gasteiger partial charge is 0.220 e. The van der Waals surface area contributed by atoms with Gasteiger partial charge in [-0.05, 0) is 98.1 Å². The Labute approximate surface area is 160 Å². The van der Waals surface area contributed by atoms with E-state index in [1.807, 2.05) is 0 Å². The first-order valence-electron chi connectivity index (χ1n) is 11.0. The maximum atomic E-state index is 12.6. The highest BCUT2D eigenvalue weighted by atomic mass is 16.1. The molecule has 0 aromatic carbocycles. The van der Waals surface area contributed by atoms with Crippen LogP contribution in [0.25, 0.3) is 0 Å². The zero-order chi connectivity index (χ0) is 18.5. The maximum absolute atomic E-state index is 12.6. The summed E-state index contributed by atoms with van der Waals surface area (Å²) in [6, 6.07) is 1.73. The summed E-state index contributed by atoms with van der Waals surface area (Å²) in [5.41, 5.74) is 0. The summed E-state index contributed by atoms with van der Waals surface area (Å²) in [4.78, 5) is 20.2. The van der Waals surface area contributed by atoms with Crippen LogP contribution in [0, 0.1) is 5.92 Å². The first-order valence-corrected chi connectivity index (χ1v) is 11.0. The van der Waals surface area contributed by atoms with E-state index in [2.05, 4.69) is 40.9 Å². The lowest BCUT2D eigenvalue weighted by atomic mass is 9.92. The van der Waals surface area contributed by atoms with E-state index in [1.54, 1.807) is 0 Å². The molecule has 0 aromatic rings. The summed E-state index contributed by atoms with van der Waals surface area (Å²) in [6.07, 6.45) is 8.04. The van der Waals surface area contributed by atoms with Crippen molar-refractivity contribution in [2.75, 3.05) is 46.3 Å². The topological polar surface area (TPSA) is 38.8 Å². The number of piperidine rings is 3. The van der Waals surface area contributed by atoms with Crippen LogP contribution < -0.4 is 5.32 Å². The van der Waals surface area contributed by atoms with Crippen LogP contribution in [0.1, 0.15) is 58.8 Å². The molecule has 1 N–H and O–H groups in total. The van der Waals surface area contributed by atoms with Crippen LogP contribution in [0.3, 0.4) is 0 Å². The fourth-order valence-electron chi connectivity index (χ4n) is 5.04. The molecule has 150 valence electrons. The third-order valence-corrected chi connectivity index (χ3v) is 6.88. The van der Waals surface area contributed by atoms with Crippen molar-refractivity contribution in [2.45, 2.75) is 76.9 Å². The van der Waals surface area contributed by atoms with E-state index in [4.69, 9.17) is 0 Å². The second-order valence-electron chi connectivity index (χ2n) is 9.21. The summed E-state index contributed by atoms with van der Waals surface area (Å²) in [6.45, 7) is 11.6. The number of likely N-dealkylation sites (tertiary alicyclic amines) is 3. The maximum Gasteiger partial charge on any atom is 0.220 e. The molecule has 0 aliphatic carbocycles. The molecule has 5 heteroatoms. The quantitative estimate of drug-likeness (QED) is 0.811. The molecule has 1 amide bonds. The molecular weight excluding hydrogens is 324 g/mol. The Bertz CT molecular complexity index is 439. The molecule has 0 bridgehead atoms. The van der Waals surface area contributed by atoms with Crippen molar-refractivity contribution in [3.8, 4) is 0 Å². The normalized spacial score (nSPS) is 28.5. The molecular formula is C21H40N4O. The van der Waals surface area contributed by atoms with Crippen molar-refractivity contribution in [3.05, 3.63) is 0 Å². The molecule has 3 saturated heterocycles. The number of amides is 1. The van der Waals surface area contributed by atoms with Crippen LogP contribution in [0.5, 0.6) is 0 Å². The van der Waals surface area contributed by atoms with E-state index >= 15 is 0 Å². The largest absolute Gasteiger partial charge is 0.352 e. The van der Waals surface area contributed by atoms with Crippen LogP contribution >= 0.6 is 0 Å². The second-order valence-corrected chi connectivity index (χ2v) is 9.21. The summed E-state index contributed by atoms with van der Waals surface area (Å²) >= 11 is 0. The summed E-state index contributed by atoms with van der Waals surface area (Å²) in [5, 5.41) is 3.37. The zero-order valence-corrected chi connectivity index (χ0v) is 17.3. The van der Waals surface area contributed by atoms with E-state index in [0.29, 0.717) is 23.9 Å². The van der Waals surface area contributed by atoms with Crippen molar-refractivity contribution in [2.24, 2.45) is 5.92 Å². The predicted molar refractivity (Wildman–Crippen MR) is 107 cm³/mol. The third-order valence-electron chi connectivity index (χ3n) is 6.88. The average molecular weight is 365 g/mol. The van der Waals surface area contributed by atoms with Gasteiger partial charge in [-0.25, -0.2) is 0 Å². The number of hydrogen-bond donors (Lipinski definition) is 1. The van der Waals surface area contributed by atoms with E-state index in [1.165, 1.54) is 51.7 Å². The number of carbonyl (C=O) groups is 1. The fraction of sp³-hybridized carbons (Fsp3) is 0.952. The Kier molecular flexibility index (Phi) is 7.35. The lowest BCUT2D eigenvalue weighted by Crippen LogP contribution is -2.53. The SMILES string of the molecule is CC(C)N1CCC(CC(=O)N[C@@H]2CCCN(C3CCN(C)CC3)C2)CC1. The Morgan fingerprint density at radius 2 is 1.69 bits per heavy atom. The molecule has 0 unspecified atom stereocenters. The van der Waals surface area contributed by atoms with Crippen molar-refractivity contribution in [1.82, 2.24) is 20.0 Å². The summed E-state index contributed by atoms with van der Waals surface area (Å²) in [7, 11) is 2.22. The fourth-order valence-corrected chi connectivity index (χ4v) is 5.04. The Morgan fingerprint density at radius 1 is 1.00 bits per heavy atom. The van der Waals surface area contributed by atoms with Crippen molar-refractivity contribution < 1.29 is 4.79 Å². The highest BCUT2D eigenvalue weighted by molar-refractivity contribution is 5.76. The van der Waals surface area contributed by atoms with Gasteiger partial charge in [-0.15, -0.1) is 0 Å². The van der Waals surface area contributed by atoms with Crippen LogP contribution in [0.4, 0.5) is 0 Å². The van der Waals surface area contributed by atoms with Crippen LogP contribution in [-0.2, 0) is 4.79 Å². The lowest BCUT2D eigenvalue weighted by Gasteiger charge is -2.42. The summed E-state index contributed by atoms with van der Waals surface area (Å²) < 4.78 is 0. The van der Waals surface area contributed by atoms with E-state index in [9.17, 15) is 4.79 Å². The highest BCUT2D eigenvalue weighted by Gasteiger charge is 2.29. The number of carbonyl (C=O) groups excluding carboxylic acids is 1. The van der Waals surface area contributed by atoms with Gasteiger partial charge in [0, 0.05) is 31.1 Å². The van der Waals surface area contributed by atoms with Gasteiger partial charge in [-0.1, -0.05) is 0 Å². The molecule has 0 spiro atoms. The monoisotopic (exact) mass is 364 g/mol. The number of rotatable bonds is 5. The van der Waals surface area contributed by atoms with Gasteiger partial charge in [-0.2, -0.15) is 0 Å². The molecule has 3 rings (SSSR count). The standard InChI is InChI=1S/C21H40N4O/c1-17(2)24-13-6-18(7-14-24)15-21(26)22-19-5-4-10-25(16-19)20-8-11-23(3)12-9-20/h17-20H,4-16H2,1-3H3,(H,22,26)/t19-/m1/s1. The van der Waals surface area contributed by atoms with E-state index < -0.39 is 0 Å². The molecule has 1 atom stereocenters. The molecule has 0 aromatic heterocycles. The van der Waals surface area contributed by atoms with Gasteiger partial charge < -0.3 is 15.1 Å². The Hall–Kier alpha value is -0.650. The lowest BCUT2D eigenvalue weighted by molar-refractivity contribution is -0.123. The van der Waals surface area contributed by atoms with Crippen molar-refractivity contribution >= 4 is 5.91 Å². The van der Waals surface area contributed by atoms with Gasteiger partial charge in [0.05, 0.1) is 0 Å². The second kappa shape index (κ2) is 9.52. The minimum absolute atomic E-state index is 0.295. The minimum atomic E-state index is 0.295. The number of hydrogen-bond acceptors (Lipinski definition) is 4. The van der Waals surface area contributed by atoms with Gasteiger partial charge in [0.1, 0.15) is 0 Å². The van der Waals surface area contributed by atoms with E-state index in [-0.39, 0.29) is 0 Å². The molecule has 3 fully saturated rings. The Balaban J connectivity index is 1.39. The van der Waals surface area contributed by atoms with Gasteiger partial charge in [0.2, 0.25) is 5.91 Å². The molecule has 3 heterocycles. The molecule has 3 aliphatic rings. The number of nitrogens with zero attached hydrogens (tertiary/aromatic N) is 3. The summed E-state index contributed by atoms with van der Waals surface area (Å²) in [5.74, 6) is 0.877. The Morgan fingerprint density at radius 3 is 2.35 bits per heavy atom. The van der Waals surface area contributed by atoms with E-state index in [0.717, 1.165) is 38.5 Å². The molecule has 3 aliphatic heterocycles. The van der Waals surface area contributed by atoms with Gasteiger partial charge in [0.15, 0.2) is 0 Å². The van der Waals surface area contributed by atoms with Gasteiger partial charge in [0.25, 0.3) is 0 Å². The first-order chi connectivity index (χ1) is 12.5. The zero-order valence-electron chi connectivity index (χ0n) is 17.3. The minimum Gasteiger partial charge on any atom is -0.352 e. The van der Waals surface area contributed by atoms with Gasteiger partial charge in [-0.3, -0.25) is 9.69 Å². The molecule has 0 saturated carbocycles. The predicted octanol–water partition coefficient (Wildman–Crippen LogP) is 2.17. The van der Waals surface area contributed by atoms with Crippen LogP contribution in [0.15, 0.2) is 0 Å². The van der Waals surface area contributed by atoms with Crippen LogP contribution in [-0.4, -0.2) is 85.0 Å². The molecule has 26 heavy (non-hydrogen) atoms. The average Bonchev–Trinajstić information content (AvgIpc) is 2.63. The van der Waals surface area contributed by atoms with Gasteiger partial charge >= 0.3 is 0 Å². The van der Waals surface area contributed by atoms with Crippen molar-refractivity contribution in [3.63, 3.8) is 0 Å².